The van der Waals surface area contributed by atoms with Crippen molar-refractivity contribution in [1.29, 1.82) is 0 Å². The fraction of sp³-hybridized carbons (Fsp3) is 0.750. The van der Waals surface area contributed by atoms with Gasteiger partial charge in [-0.2, -0.15) is 9.97 Å². The van der Waals surface area contributed by atoms with Crippen molar-refractivity contribution < 1.29 is 9.53 Å². The van der Waals surface area contributed by atoms with Gasteiger partial charge >= 0.3 is 5.97 Å². The highest BCUT2D eigenvalue weighted by Gasteiger charge is 2.28. The normalized spacial score (nSPS) is 22.0. The van der Waals surface area contributed by atoms with Crippen molar-refractivity contribution >= 4 is 23.6 Å². The second-order valence-electron chi connectivity index (χ2n) is 7.99. The number of carbonyl (C=O) groups is 1. The molecule has 0 radical (unpaired) electrons. The molecule has 0 saturated carbocycles. The van der Waals surface area contributed by atoms with E-state index in [1.54, 1.807) is 0 Å². The fourth-order valence-electron chi connectivity index (χ4n) is 4.40. The minimum absolute atomic E-state index is 0.164. The molecule has 8 heteroatoms. The molecule has 1 aromatic rings. The van der Waals surface area contributed by atoms with Crippen LogP contribution in [-0.2, 0) is 9.53 Å². The Labute approximate surface area is 167 Å². The summed E-state index contributed by atoms with van der Waals surface area (Å²) in [5.41, 5.74) is 0. The summed E-state index contributed by atoms with van der Waals surface area (Å²) in [7, 11) is 1.45. The molecule has 1 aromatic heterocycles. The van der Waals surface area contributed by atoms with Gasteiger partial charge < -0.3 is 19.4 Å². The average Bonchev–Trinajstić information content (AvgIpc) is 3.47. The molecule has 0 aliphatic carbocycles. The maximum Gasteiger partial charge on any atom is 0.322 e. The number of esters is 1. The quantitative estimate of drug-likeness (QED) is 0.701. The molecule has 4 rings (SSSR count). The maximum absolute atomic E-state index is 11.8. The molecular formula is C20H32N6O2. The van der Waals surface area contributed by atoms with Crippen LogP contribution in [0.4, 0.5) is 17.6 Å². The number of methoxy groups -OCH3 is 1. The molecular weight excluding hydrogens is 356 g/mol. The molecule has 3 fully saturated rings. The molecule has 1 unspecified atom stereocenters. The molecule has 154 valence electrons. The number of aromatic nitrogens is 2. The Morgan fingerprint density at radius 2 is 1.36 bits per heavy atom. The van der Waals surface area contributed by atoms with Gasteiger partial charge in [0.25, 0.3) is 0 Å². The largest absolute Gasteiger partial charge is 0.468 e. The Hall–Kier alpha value is -2.09. The van der Waals surface area contributed by atoms with Crippen LogP contribution in [0.3, 0.4) is 0 Å². The number of hydrogen-bond donors (Lipinski definition) is 0. The molecule has 0 bridgehead atoms. The second kappa shape index (κ2) is 8.51. The minimum atomic E-state index is -0.196. The van der Waals surface area contributed by atoms with Crippen molar-refractivity contribution in [2.24, 2.45) is 0 Å². The summed E-state index contributed by atoms with van der Waals surface area (Å²) < 4.78 is 4.90. The summed E-state index contributed by atoms with van der Waals surface area (Å²) in [4.78, 5) is 30.9. The van der Waals surface area contributed by atoms with Gasteiger partial charge in [0, 0.05) is 58.4 Å². The maximum atomic E-state index is 11.8. The smallest absolute Gasteiger partial charge is 0.322 e. The van der Waals surface area contributed by atoms with Crippen molar-refractivity contribution in [3.05, 3.63) is 6.07 Å². The van der Waals surface area contributed by atoms with Gasteiger partial charge in [0.05, 0.1) is 7.11 Å². The van der Waals surface area contributed by atoms with E-state index in [0.717, 1.165) is 69.9 Å². The monoisotopic (exact) mass is 388 g/mol. The standard InChI is InChI=1S/C20H32N6O2/c1-16(19(27)28-2)23-11-13-25(14-12-23)18-15-17(24-7-3-4-8-24)21-20(22-18)26-9-5-6-10-26/h15-16H,3-14H2,1-2H3. The molecule has 0 aromatic carbocycles. The van der Waals surface area contributed by atoms with Crippen LogP contribution in [0.25, 0.3) is 0 Å². The topological polar surface area (TPSA) is 65.0 Å². The molecule has 0 spiro atoms. The summed E-state index contributed by atoms with van der Waals surface area (Å²) in [6.07, 6.45) is 4.92. The van der Waals surface area contributed by atoms with Gasteiger partial charge in [-0.05, 0) is 32.6 Å². The van der Waals surface area contributed by atoms with E-state index in [1.165, 1.54) is 32.8 Å². The summed E-state index contributed by atoms with van der Waals surface area (Å²) in [5, 5.41) is 0. The summed E-state index contributed by atoms with van der Waals surface area (Å²) >= 11 is 0. The molecule has 28 heavy (non-hydrogen) atoms. The van der Waals surface area contributed by atoms with E-state index in [9.17, 15) is 4.79 Å². The first-order chi connectivity index (χ1) is 13.7. The third kappa shape index (κ3) is 4.01. The molecule has 8 nitrogen and oxygen atoms in total. The third-order valence-electron chi connectivity index (χ3n) is 6.23. The molecule has 0 amide bonds. The Morgan fingerprint density at radius 3 is 1.89 bits per heavy atom. The highest BCUT2D eigenvalue weighted by molar-refractivity contribution is 5.75. The second-order valence-corrected chi connectivity index (χ2v) is 7.99. The van der Waals surface area contributed by atoms with Gasteiger partial charge in [-0.15, -0.1) is 0 Å². The Balaban J connectivity index is 1.51. The van der Waals surface area contributed by atoms with Crippen LogP contribution < -0.4 is 14.7 Å². The summed E-state index contributed by atoms with van der Waals surface area (Å²) in [6, 6.07) is 1.96. The highest BCUT2D eigenvalue weighted by atomic mass is 16.5. The van der Waals surface area contributed by atoms with Crippen molar-refractivity contribution in [3.8, 4) is 0 Å². The van der Waals surface area contributed by atoms with Crippen molar-refractivity contribution in [1.82, 2.24) is 14.9 Å². The van der Waals surface area contributed by atoms with Gasteiger partial charge in [-0.3, -0.25) is 9.69 Å². The number of rotatable bonds is 5. The van der Waals surface area contributed by atoms with E-state index < -0.39 is 0 Å². The van der Waals surface area contributed by atoms with Crippen LogP contribution in [-0.4, -0.2) is 86.3 Å². The van der Waals surface area contributed by atoms with Crippen LogP contribution in [0.2, 0.25) is 0 Å². The number of carbonyl (C=O) groups excluding carboxylic acids is 1. The van der Waals surface area contributed by atoms with Crippen molar-refractivity contribution in [2.45, 2.75) is 38.6 Å². The van der Waals surface area contributed by atoms with Crippen LogP contribution in [0.1, 0.15) is 32.6 Å². The lowest BCUT2D eigenvalue weighted by molar-refractivity contribution is -0.146. The Kier molecular flexibility index (Phi) is 5.85. The van der Waals surface area contributed by atoms with Gasteiger partial charge in [0.2, 0.25) is 5.95 Å². The molecule has 3 aliphatic heterocycles. The van der Waals surface area contributed by atoms with E-state index in [2.05, 4.69) is 25.7 Å². The molecule has 4 heterocycles. The average molecular weight is 389 g/mol. The van der Waals surface area contributed by atoms with E-state index in [-0.39, 0.29) is 12.0 Å². The molecule has 3 aliphatic rings. The zero-order valence-corrected chi connectivity index (χ0v) is 17.1. The first kappa shape index (κ1) is 19.2. The summed E-state index contributed by atoms with van der Waals surface area (Å²) in [5.74, 6) is 2.80. The lowest BCUT2D eigenvalue weighted by Crippen LogP contribution is -2.52. The lowest BCUT2D eigenvalue weighted by Gasteiger charge is -2.38. The van der Waals surface area contributed by atoms with Crippen LogP contribution in [0.5, 0.6) is 0 Å². The molecule has 0 N–H and O–H groups in total. The first-order valence-electron chi connectivity index (χ1n) is 10.6. The number of hydrogen-bond acceptors (Lipinski definition) is 8. The van der Waals surface area contributed by atoms with Crippen LogP contribution in [0.15, 0.2) is 6.07 Å². The fourth-order valence-corrected chi connectivity index (χ4v) is 4.40. The number of anilines is 3. The SMILES string of the molecule is COC(=O)C(C)N1CCN(c2cc(N3CCCC3)nc(N3CCCC3)n2)CC1. The highest BCUT2D eigenvalue weighted by Crippen LogP contribution is 2.28. The van der Waals surface area contributed by atoms with Gasteiger partial charge in [-0.25, -0.2) is 0 Å². The van der Waals surface area contributed by atoms with E-state index in [1.807, 2.05) is 6.92 Å². The van der Waals surface area contributed by atoms with E-state index in [4.69, 9.17) is 14.7 Å². The number of ether oxygens (including phenoxy) is 1. The Bertz CT molecular complexity index is 645. The predicted octanol–water partition coefficient (Wildman–Crippen LogP) is 1.36. The van der Waals surface area contributed by atoms with Crippen molar-refractivity contribution in [3.63, 3.8) is 0 Å². The van der Waals surface area contributed by atoms with Gasteiger partial charge in [0.1, 0.15) is 17.7 Å². The van der Waals surface area contributed by atoms with Gasteiger partial charge in [0.15, 0.2) is 0 Å². The number of piperazine rings is 1. The minimum Gasteiger partial charge on any atom is -0.468 e. The number of nitrogens with zero attached hydrogens (tertiary/aromatic N) is 6. The van der Waals surface area contributed by atoms with E-state index >= 15 is 0 Å². The van der Waals surface area contributed by atoms with E-state index in [0.29, 0.717) is 0 Å². The first-order valence-corrected chi connectivity index (χ1v) is 10.6. The molecule has 3 saturated heterocycles. The van der Waals surface area contributed by atoms with Crippen LogP contribution >= 0.6 is 0 Å². The Morgan fingerprint density at radius 1 is 0.857 bits per heavy atom. The zero-order chi connectivity index (χ0) is 19.5. The van der Waals surface area contributed by atoms with Gasteiger partial charge in [-0.1, -0.05) is 0 Å². The summed E-state index contributed by atoms with van der Waals surface area (Å²) in [6.45, 7) is 9.57. The molecule has 1 atom stereocenters. The zero-order valence-electron chi connectivity index (χ0n) is 17.1. The third-order valence-corrected chi connectivity index (χ3v) is 6.23. The lowest BCUT2D eigenvalue weighted by atomic mass is 10.2. The van der Waals surface area contributed by atoms with Crippen molar-refractivity contribution in [2.75, 3.05) is 74.2 Å². The van der Waals surface area contributed by atoms with Crippen LogP contribution in [0, 0.1) is 0 Å². The predicted molar refractivity (Wildman–Crippen MR) is 110 cm³/mol.